The first kappa shape index (κ1) is 21.8. The zero-order valence-electron chi connectivity index (χ0n) is 18.5. The number of hydrogen-bond acceptors (Lipinski definition) is 7. The Kier molecular flexibility index (Phi) is 6.05. The third-order valence-corrected chi connectivity index (χ3v) is 5.85. The van der Waals surface area contributed by atoms with E-state index in [-0.39, 0.29) is 17.8 Å². The predicted octanol–water partition coefficient (Wildman–Crippen LogP) is 3.29. The molecule has 0 radical (unpaired) electrons. The number of nitrogen functional groups attached to an aromatic ring is 1. The van der Waals surface area contributed by atoms with E-state index >= 15 is 0 Å². The second-order valence-electron chi connectivity index (χ2n) is 8.49. The molecular weight excluding hydrogens is 430 g/mol. The van der Waals surface area contributed by atoms with Crippen LogP contribution in [0.1, 0.15) is 24.8 Å². The zero-order chi connectivity index (χ0) is 23.5. The molecule has 34 heavy (non-hydrogen) atoms. The van der Waals surface area contributed by atoms with Crippen LogP contribution in [0, 0.1) is 0 Å². The van der Waals surface area contributed by atoms with Crippen LogP contribution in [0.3, 0.4) is 0 Å². The molecule has 0 saturated heterocycles. The van der Waals surface area contributed by atoms with Crippen molar-refractivity contribution in [3.63, 3.8) is 0 Å². The number of hydrogen-bond donors (Lipinski definition) is 2. The largest absolute Gasteiger partial charge is 0.487 e. The fraction of sp³-hybridized carbons (Fsp3) is 0.231. The van der Waals surface area contributed by atoms with Crippen LogP contribution in [0.15, 0.2) is 77.9 Å². The van der Waals surface area contributed by atoms with Crippen LogP contribution in [0.5, 0.6) is 5.75 Å². The topological polar surface area (TPSA) is 116 Å². The maximum atomic E-state index is 12.5. The van der Waals surface area contributed by atoms with Gasteiger partial charge in [-0.05, 0) is 42.7 Å². The van der Waals surface area contributed by atoms with E-state index in [4.69, 9.17) is 10.5 Å². The standard InChI is InChI=1S/C26H25N5O3/c27-20-6-2-4-18(12-20)24-9-10-25(33)31(30-24)16-17-3-1-5-19(11-17)26-28-14-23(15-29-26)34-22-8-7-21(32)13-22/h1-6,9-12,14-15,21-22,32H,7-8,13,16,27H2. The fourth-order valence-corrected chi connectivity index (χ4v) is 4.14. The summed E-state index contributed by atoms with van der Waals surface area (Å²) in [6.07, 6.45) is 5.24. The average Bonchev–Trinajstić information content (AvgIpc) is 3.25. The minimum atomic E-state index is -0.290. The van der Waals surface area contributed by atoms with Crippen LogP contribution in [-0.2, 0) is 6.54 Å². The number of benzene rings is 2. The molecule has 8 heteroatoms. The molecule has 2 aromatic carbocycles. The number of rotatable bonds is 6. The van der Waals surface area contributed by atoms with Gasteiger partial charge in [0.25, 0.3) is 5.56 Å². The molecule has 1 aliphatic rings. The number of aliphatic hydroxyl groups is 1. The number of nitrogens with zero attached hydrogens (tertiary/aromatic N) is 4. The highest BCUT2D eigenvalue weighted by atomic mass is 16.5. The molecule has 2 unspecified atom stereocenters. The first-order valence-electron chi connectivity index (χ1n) is 11.2. The summed E-state index contributed by atoms with van der Waals surface area (Å²) in [7, 11) is 0. The summed E-state index contributed by atoms with van der Waals surface area (Å²) in [5.74, 6) is 1.16. The Bertz CT molecular complexity index is 1350. The van der Waals surface area contributed by atoms with E-state index in [2.05, 4.69) is 15.1 Å². The van der Waals surface area contributed by atoms with Gasteiger partial charge in [-0.25, -0.2) is 14.6 Å². The zero-order valence-corrected chi connectivity index (χ0v) is 18.5. The molecule has 1 fully saturated rings. The van der Waals surface area contributed by atoms with Gasteiger partial charge in [-0.3, -0.25) is 4.79 Å². The van der Waals surface area contributed by atoms with Gasteiger partial charge < -0.3 is 15.6 Å². The Balaban J connectivity index is 1.34. The van der Waals surface area contributed by atoms with Gasteiger partial charge in [0.15, 0.2) is 11.6 Å². The van der Waals surface area contributed by atoms with Crippen LogP contribution >= 0.6 is 0 Å². The lowest BCUT2D eigenvalue weighted by molar-refractivity contribution is 0.149. The number of anilines is 1. The van der Waals surface area contributed by atoms with Crippen molar-refractivity contribution in [1.82, 2.24) is 19.7 Å². The molecule has 2 atom stereocenters. The van der Waals surface area contributed by atoms with E-state index in [1.165, 1.54) is 10.7 Å². The van der Waals surface area contributed by atoms with Crippen LogP contribution in [-0.4, -0.2) is 37.1 Å². The predicted molar refractivity (Wildman–Crippen MR) is 129 cm³/mol. The number of nitrogens with two attached hydrogens (primary N) is 1. The lowest BCUT2D eigenvalue weighted by Crippen LogP contribution is -2.22. The van der Waals surface area contributed by atoms with Gasteiger partial charge in [-0.15, -0.1) is 0 Å². The Labute approximate surface area is 196 Å². The normalized spacial score (nSPS) is 17.6. The first-order valence-corrected chi connectivity index (χ1v) is 11.2. The van der Waals surface area contributed by atoms with Crippen molar-refractivity contribution in [2.45, 2.75) is 38.0 Å². The highest BCUT2D eigenvalue weighted by Crippen LogP contribution is 2.25. The van der Waals surface area contributed by atoms with Crippen LogP contribution in [0.2, 0.25) is 0 Å². The number of aliphatic hydroxyl groups excluding tert-OH is 1. The highest BCUT2D eigenvalue weighted by molar-refractivity contribution is 5.63. The first-order chi connectivity index (χ1) is 16.5. The van der Waals surface area contributed by atoms with Crippen molar-refractivity contribution < 1.29 is 9.84 Å². The number of ether oxygens (including phenoxy) is 1. The summed E-state index contributed by atoms with van der Waals surface area (Å²) >= 11 is 0. The van der Waals surface area contributed by atoms with E-state index in [0.29, 0.717) is 35.9 Å². The van der Waals surface area contributed by atoms with E-state index in [1.807, 2.05) is 48.5 Å². The summed E-state index contributed by atoms with van der Waals surface area (Å²) < 4.78 is 7.30. The molecule has 1 saturated carbocycles. The molecule has 0 aliphatic heterocycles. The Morgan fingerprint density at radius 2 is 1.79 bits per heavy atom. The van der Waals surface area contributed by atoms with Crippen LogP contribution in [0.25, 0.3) is 22.6 Å². The Morgan fingerprint density at radius 1 is 1.00 bits per heavy atom. The molecule has 8 nitrogen and oxygen atoms in total. The molecule has 0 amide bonds. The fourth-order valence-electron chi connectivity index (χ4n) is 4.14. The van der Waals surface area contributed by atoms with Gasteiger partial charge in [0.1, 0.15) is 6.10 Å². The minimum Gasteiger partial charge on any atom is -0.487 e. The summed E-state index contributed by atoms with van der Waals surface area (Å²) in [4.78, 5) is 21.3. The lowest BCUT2D eigenvalue weighted by atomic mass is 10.1. The minimum absolute atomic E-state index is 0.00156. The third kappa shape index (κ3) is 4.97. The average molecular weight is 456 g/mol. The van der Waals surface area contributed by atoms with Crippen molar-refractivity contribution >= 4 is 5.69 Å². The Morgan fingerprint density at radius 3 is 2.56 bits per heavy atom. The summed E-state index contributed by atoms with van der Waals surface area (Å²) in [6.45, 7) is 0.314. The van der Waals surface area contributed by atoms with Gasteiger partial charge >= 0.3 is 0 Å². The van der Waals surface area contributed by atoms with Gasteiger partial charge in [0, 0.05) is 29.3 Å². The van der Waals surface area contributed by atoms with Crippen molar-refractivity contribution in [2.75, 3.05) is 5.73 Å². The smallest absolute Gasteiger partial charge is 0.267 e. The lowest BCUT2D eigenvalue weighted by Gasteiger charge is -2.13. The van der Waals surface area contributed by atoms with E-state index in [0.717, 1.165) is 29.5 Å². The van der Waals surface area contributed by atoms with Gasteiger partial charge in [0.05, 0.1) is 30.7 Å². The molecule has 2 aromatic heterocycles. The van der Waals surface area contributed by atoms with Crippen molar-refractivity contribution in [2.24, 2.45) is 0 Å². The van der Waals surface area contributed by atoms with Gasteiger partial charge in [-0.1, -0.05) is 30.3 Å². The highest BCUT2D eigenvalue weighted by Gasteiger charge is 2.24. The maximum Gasteiger partial charge on any atom is 0.267 e. The molecule has 0 bridgehead atoms. The molecule has 5 rings (SSSR count). The molecule has 3 N–H and O–H groups in total. The van der Waals surface area contributed by atoms with Crippen molar-refractivity contribution in [3.05, 3.63) is 89.0 Å². The van der Waals surface area contributed by atoms with Crippen molar-refractivity contribution in [3.8, 4) is 28.4 Å². The summed E-state index contributed by atoms with van der Waals surface area (Å²) in [6, 6.07) is 18.3. The SMILES string of the molecule is Nc1cccc(-c2ccc(=O)n(Cc3cccc(-c4ncc(OC5CCC(O)C5)cn4)c3)n2)c1. The molecule has 4 aromatic rings. The van der Waals surface area contributed by atoms with Gasteiger partial charge in [0.2, 0.25) is 0 Å². The second kappa shape index (κ2) is 9.44. The third-order valence-electron chi connectivity index (χ3n) is 5.85. The maximum absolute atomic E-state index is 12.5. The van der Waals surface area contributed by atoms with Crippen LogP contribution < -0.4 is 16.0 Å². The quantitative estimate of drug-likeness (QED) is 0.429. The summed E-state index contributed by atoms with van der Waals surface area (Å²) in [5, 5.41) is 14.2. The number of aromatic nitrogens is 4. The molecule has 1 aliphatic carbocycles. The molecule has 2 heterocycles. The summed E-state index contributed by atoms with van der Waals surface area (Å²) in [5.41, 5.74) is 9.61. The van der Waals surface area contributed by atoms with E-state index < -0.39 is 0 Å². The van der Waals surface area contributed by atoms with Gasteiger partial charge in [-0.2, -0.15) is 5.10 Å². The van der Waals surface area contributed by atoms with E-state index in [9.17, 15) is 9.90 Å². The van der Waals surface area contributed by atoms with Crippen LogP contribution in [0.4, 0.5) is 5.69 Å². The van der Waals surface area contributed by atoms with Crippen molar-refractivity contribution in [1.29, 1.82) is 0 Å². The molecule has 172 valence electrons. The second-order valence-corrected chi connectivity index (χ2v) is 8.49. The van der Waals surface area contributed by atoms with E-state index in [1.54, 1.807) is 18.5 Å². The Hall–Kier alpha value is -4.04. The molecule has 0 spiro atoms. The molecular formula is C26H25N5O3. The monoisotopic (exact) mass is 455 g/mol.